The number of piperidine rings is 1. The van der Waals surface area contributed by atoms with Gasteiger partial charge in [-0.15, -0.1) is 11.3 Å². The quantitative estimate of drug-likeness (QED) is 0.926. The summed E-state index contributed by atoms with van der Waals surface area (Å²) < 4.78 is 0. The molecule has 2 atom stereocenters. The second kappa shape index (κ2) is 5.64. The van der Waals surface area contributed by atoms with Crippen LogP contribution in [0.15, 0.2) is 0 Å². The Kier molecular flexibility index (Phi) is 3.80. The van der Waals surface area contributed by atoms with Crippen LogP contribution in [-0.2, 0) is 18.4 Å². The van der Waals surface area contributed by atoms with Crippen molar-refractivity contribution >= 4 is 11.3 Å². The number of rotatable bonds is 4. The van der Waals surface area contributed by atoms with Crippen LogP contribution in [0.2, 0.25) is 0 Å². The van der Waals surface area contributed by atoms with Crippen molar-refractivity contribution < 1.29 is 0 Å². The third-order valence-corrected chi connectivity index (χ3v) is 6.98. The first-order chi connectivity index (χ1) is 10.3. The van der Waals surface area contributed by atoms with Crippen LogP contribution in [0.4, 0.5) is 0 Å². The Balaban J connectivity index is 1.69. The number of aromatic nitrogens is 1. The third-order valence-electron chi connectivity index (χ3n) is 5.64. The average molecular weight is 305 g/mol. The van der Waals surface area contributed by atoms with Gasteiger partial charge in [0.05, 0.1) is 11.2 Å². The van der Waals surface area contributed by atoms with Crippen molar-refractivity contribution in [2.24, 2.45) is 0 Å². The Hall–Kier alpha value is -0.450. The lowest BCUT2D eigenvalue weighted by molar-refractivity contribution is 0.136. The summed E-state index contributed by atoms with van der Waals surface area (Å²) in [5.41, 5.74) is 1.58. The fraction of sp³-hybridized carbons (Fsp3) is 0.824. The fourth-order valence-electron chi connectivity index (χ4n) is 4.56. The molecule has 0 radical (unpaired) electrons. The van der Waals surface area contributed by atoms with Crippen molar-refractivity contribution in [3.63, 3.8) is 0 Å². The number of aryl methyl sites for hydroxylation is 2. The van der Waals surface area contributed by atoms with E-state index in [1.807, 2.05) is 11.3 Å². The van der Waals surface area contributed by atoms with Gasteiger partial charge in [0, 0.05) is 17.5 Å². The Morgan fingerprint density at radius 1 is 1.29 bits per heavy atom. The molecule has 2 unspecified atom stereocenters. The molecular weight excluding hydrogens is 278 g/mol. The molecule has 0 amide bonds. The molecule has 1 N–H and O–H groups in total. The van der Waals surface area contributed by atoms with Crippen LogP contribution in [-0.4, -0.2) is 35.6 Å². The number of nitrogens with one attached hydrogen (secondary N) is 1. The maximum absolute atomic E-state index is 5.12. The summed E-state index contributed by atoms with van der Waals surface area (Å²) in [5.74, 6) is 0. The first-order valence-corrected chi connectivity index (χ1v) is 9.63. The number of hydrogen-bond acceptors (Lipinski definition) is 4. The summed E-state index contributed by atoms with van der Waals surface area (Å²) in [6.07, 6.45) is 10.4. The first-order valence-electron chi connectivity index (χ1n) is 8.81. The number of thiazole rings is 1. The molecule has 2 aliphatic heterocycles. The minimum Gasteiger partial charge on any atom is -0.304 e. The Morgan fingerprint density at radius 2 is 2.24 bits per heavy atom. The fourth-order valence-corrected chi connectivity index (χ4v) is 5.96. The van der Waals surface area contributed by atoms with Crippen LogP contribution < -0.4 is 5.32 Å². The van der Waals surface area contributed by atoms with Gasteiger partial charge < -0.3 is 5.32 Å². The minimum absolute atomic E-state index is 0.158. The van der Waals surface area contributed by atoms with E-state index in [2.05, 4.69) is 17.1 Å². The lowest BCUT2D eigenvalue weighted by atomic mass is 9.85. The molecule has 21 heavy (non-hydrogen) atoms. The smallest absolute Gasteiger partial charge is 0.115 e. The van der Waals surface area contributed by atoms with Gasteiger partial charge in [-0.05, 0) is 58.0 Å². The Labute approximate surface area is 132 Å². The van der Waals surface area contributed by atoms with Gasteiger partial charge in [-0.2, -0.15) is 0 Å². The van der Waals surface area contributed by atoms with Gasteiger partial charge in [-0.25, -0.2) is 4.98 Å². The number of nitrogens with zero attached hydrogens (tertiary/aromatic N) is 2. The van der Waals surface area contributed by atoms with Crippen molar-refractivity contribution in [2.75, 3.05) is 19.6 Å². The van der Waals surface area contributed by atoms with E-state index in [0.717, 1.165) is 6.54 Å². The summed E-state index contributed by atoms with van der Waals surface area (Å²) in [6, 6.07) is 0.684. The van der Waals surface area contributed by atoms with Crippen LogP contribution in [0.5, 0.6) is 0 Å². The van der Waals surface area contributed by atoms with Gasteiger partial charge in [0.1, 0.15) is 5.01 Å². The second-order valence-corrected chi connectivity index (χ2v) is 8.02. The zero-order valence-electron chi connectivity index (χ0n) is 13.2. The topological polar surface area (TPSA) is 28.2 Å². The SMILES string of the molecule is CCCNC1(c2nc3c(s2)CCC3)CCN2CCCCC21. The first kappa shape index (κ1) is 14.2. The second-order valence-electron chi connectivity index (χ2n) is 6.94. The molecule has 1 aromatic rings. The van der Waals surface area contributed by atoms with Crippen molar-refractivity contribution in [3.05, 3.63) is 15.6 Å². The number of fused-ring (bicyclic) bond motifs is 2. The molecule has 0 saturated carbocycles. The molecule has 3 aliphatic rings. The van der Waals surface area contributed by atoms with Gasteiger partial charge in [-0.3, -0.25) is 4.90 Å². The molecule has 4 rings (SSSR count). The van der Waals surface area contributed by atoms with Crippen molar-refractivity contribution in [3.8, 4) is 0 Å². The van der Waals surface area contributed by atoms with Crippen molar-refractivity contribution in [1.29, 1.82) is 0 Å². The zero-order valence-corrected chi connectivity index (χ0v) is 14.0. The van der Waals surface area contributed by atoms with Crippen LogP contribution >= 0.6 is 11.3 Å². The summed E-state index contributed by atoms with van der Waals surface area (Å²) in [4.78, 5) is 9.43. The molecular formula is C17H27N3S. The van der Waals surface area contributed by atoms with E-state index in [1.54, 1.807) is 4.88 Å². The van der Waals surface area contributed by atoms with Crippen molar-refractivity contribution in [2.45, 2.75) is 69.9 Å². The highest BCUT2D eigenvalue weighted by Crippen LogP contribution is 2.45. The minimum atomic E-state index is 0.158. The van der Waals surface area contributed by atoms with Gasteiger partial charge >= 0.3 is 0 Å². The highest BCUT2D eigenvalue weighted by Gasteiger charge is 2.50. The predicted octanol–water partition coefficient (Wildman–Crippen LogP) is 3.08. The molecule has 116 valence electrons. The van der Waals surface area contributed by atoms with E-state index < -0.39 is 0 Å². The maximum atomic E-state index is 5.12. The third kappa shape index (κ3) is 2.27. The molecule has 2 saturated heterocycles. The van der Waals surface area contributed by atoms with Gasteiger partial charge in [0.25, 0.3) is 0 Å². The molecule has 1 aliphatic carbocycles. The molecule has 3 nitrogen and oxygen atoms in total. The Morgan fingerprint density at radius 3 is 3.10 bits per heavy atom. The van der Waals surface area contributed by atoms with E-state index in [9.17, 15) is 0 Å². The summed E-state index contributed by atoms with van der Waals surface area (Å²) in [5, 5.41) is 5.37. The van der Waals surface area contributed by atoms with E-state index >= 15 is 0 Å². The van der Waals surface area contributed by atoms with Gasteiger partial charge in [0.2, 0.25) is 0 Å². The largest absolute Gasteiger partial charge is 0.304 e. The zero-order chi connectivity index (χ0) is 14.3. The van der Waals surface area contributed by atoms with E-state index in [-0.39, 0.29) is 5.54 Å². The van der Waals surface area contributed by atoms with Gasteiger partial charge in [0.15, 0.2) is 0 Å². The van der Waals surface area contributed by atoms with Gasteiger partial charge in [-0.1, -0.05) is 13.3 Å². The lowest BCUT2D eigenvalue weighted by Crippen LogP contribution is -2.53. The van der Waals surface area contributed by atoms with Crippen molar-refractivity contribution in [1.82, 2.24) is 15.2 Å². The predicted molar refractivity (Wildman–Crippen MR) is 87.9 cm³/mol. The van der Waals surface area contributed by atoms with Crippen LogP contribution in [0.25, 0.3) is 0 Å². The number of hydrogen-bond donors (Lipinski definition) is 1. The van der Waals surface area contributed by atoms with Crippen LogP contribution in [0.3, 0.4) is 0 Å². The molecule has 0 aromatic carbocycles. The molecule has 0 bridgehead atoms. The molecule has 1 aromatic heterocycles. The Bertz CT molecular complexity index is 491. The monoisotopic (exact) mass is 305 g/mol. The van der Waals surface area contributed by atoms with E-state index in [1.165, 1.54) is 75.2 Å². The summed E-state index contributed by atoms with van der Waals surface area (Å²) in [7, 11) is 0. The normalized spacial score (nSPS) is 32.3. The highest BCUT2D eigenvalue weighted by atomic mass is 32.1. The molecule has 2 fully saturated rings. The van der Waals surface area contributed by atoms with E-state index in [0.29, 0.717) is 6.04 Å². The van der Waals surface area contributed by atoms with Crippen LogP contribution in [0, 0.1) is 0 Å². The summed E-state index contributed by atoms with van der Waals surface area (Å²) >= 11 is 2.02. The molecule has 4 heteroatoms. The molecule has 3 heterocycles. The van der Waals surface area contributed by atoms with E-state index in [4.69, 9.17) is 4.98 Å². The average Bonchev–Trinajstić information content (AvgIpc) is 3.18. The standard InChI is InChI=1S/C17H27N3S/c1-2-10-18-17(9-12-20-11-4-3-8-15(17)20)16-19-13-6-5-7-14(13)21-16/h15,18H,2-12H2,1H3. The maximum Gasteiger partial charge on any atom is 0.115 e. The summed E-state index contributed by atoms with van der Waals surface area (Å²) in [6.45, 7) is 5.95. The highest BCUT2D eigenvalue weighted by molar-refractivity contribution is 7.12. The lowest BCUT2D eigenvalue weighted by Gasteiger charge is -2.40. The van der Waals surface area contributed by atoms with Crippen LogP contribution in [0.1, 0.15) is 61.0 Å². The molecule has 0 spiro atoms.